The summed E-state index contributed by atoms with van der Waals surface area (Å²) in [4.78, 5) is 0.309. The maximum absolute atomic E-state index is 11.8. The van der Waals surface area contributed by atoms with Gasteiger partial charge in [-0.25, -0.2) is 8.42 Å². The lowest BCUT2D eigenvalue weighted by molar-refractivity contribution is 0.599. The van der Waals surface area contributed by atoms with Crippen molar-refractivity contribution in [2.75, 3.05) is 12.0 Å². The van der Waals surface area contributed by atoms with Crippen LogP contribution in [0.3, 0.4) is 0 Å². The second-order valence-corrected chi connectivity index (χ2v) is 5.80. The summed E-state index contributed by atoms with van der Waals surface area (Å²) in [6.07, 6.45) is 3.16. The molecule has 1 aromatic rings. The van der Waals surface area contributed by atoms with E-state index in [0.717, 1.165) is 5.56 Å². The Hall–Kier alpha value is -0.740. The molecule has 82 valence electrons. The van der Waals surface area contributed by atoms with E-state index in [1.165, 1.54) is 17.8 Å². The molecule has 0 bridgehead atoms. The minimum absolute atomic E-state index is 0.115. The van der Waals surface area contributed by atoms with Crippen LogP contribution < -0.4 is 0 Å². The molecule has 0 aliphatic heterocycles. The molecule has 0 aliphatic carbocycles. The molecule has 1 rings (SSSR count). The largest absolute Gasteiger partial charge is 0.223 e. The van der Waals surface area contributed by atoms with Gasteiger partial charge >= 0.3 is 0 Å². The van der Waals surface area contributed by atoms with Crippen LogP contribution in [0.25, 0.3) is 0 Å². The molecule has 0 aromatic heterocycles. The molecular weight excluding hydrogens is 228 g/mol. The van der Waals surface area contributed by atoms with Gasteiger partial charge in [0.2, 0.25) is 0 Å². The van der Waals surface area contributed by atoms with Gasteiger partial charge in [0.1, 0.15) is 0 Å². The van der Waals surface area contributed by atoms with Crippen LogP contribution in [0.1, 0.15) is 6.93 Å². The van der Waals surface area contributed by atoms with Crippen LogP contribution in [-0.4, -0.2) is 20.4 Å². The first-order valence-corrected chi connectivity index (χ1v) is 7.33. The van der Waals surface area contributed by atoms with Crippen molar-refractivity contribution >= 4 is 21.6 Å². The van der Waals surface area contributed by atoms with E-state index < -0.39 is 9.84 Å². The van der Waals surface area contributed by atoms with E-state index in [0.29, 0.717) is 4.90 Å². The van der Waals surface area contributed by atoms with E-state index in [1.54, 1.807) is 30.5 Å². The molecule has 1 aromatic carbocycles. The Labute approximate surface area is 96.7 Å². The fourth-order valence-corrected chi connectivity index (χ4v) is 2.47. The lowest BCUT2D eigenvalue weighted by atomic mass is 10.2. The summed E-state index contributed by atoms with van der Waals surface area (Å²) >= 11 is 1.23. The molecular formula is C11H14O2S2. The first-order valence-electron chi connectivity index (χ1n) is 4.96. The quantitative estimate of drug-likeness (QED) is 0.815. The highest BCUT2D eigenvalue weighted by Gasteiger charge is 2.11. The van der Waals surface area contributed by atoms with Crippen LogP contribution in [0.15, 0.2) is 40.6 Å². The van der Waals surface area contributed by atoms with Crippen molar-refractivity contribution in [1.82, 2.24) is 0 Å². The van der Waals surface area contributed by atoms with Crippen molar-refractivity contribution in [3.63, 3.8) is 0 Å². The molecule has 0 spiro atoms. The van der Waals surface area contributed by atoms with Crippen molar-refractivity contribution in [3.05, 3.63) is 41.3 Å². The van der Waals surface area contributed by atoms with Crippen LogP contribution in [0, 0.1) is 6.92 Å². The Morgan fingerprint density at radius 1 is 1.40 bits per heavy atom. The maximum atomic E-state index is 11.8. The lowest BCUT2D eigenvalue weighted by Crippen LogP contribution is -2.04. The van der Waals surface area contributed by atoms with E-state index in [4.69, 9.17) is 1.37 Å². The zero-order valence-electron chi connectivity index (χ0n) is 9.73. The van der Waals surface area contributed by atoms with Crippen molar-refractivity contribution in [1.29, 1.82) is 0 Å². The van der Waals surface area contributed by atoms with E-state index in [-0.39, 0.29) is 11.1 Å². The minimum Gasteiger partial charge on any atom is -0.223 e. The Morgan fingerprint density at radius 2 is 2.00 bits per heavy atom. The molecule has 0 amide bonds. The third-order valence-electron chi connectivity index (χ3n) is 1.88. The predicted molar refractivity (Wildman–Crippen MR) is 65.9 cm³/mol. The normalized spacial score (nSPS) is 13.7. The van der Waals surface area contributed by atoms with Crippen LogP contribution in [0.5, 0.6) is 0 Å². The van der Waals surface area contributed by atoms with Crippen LogP contribution in [0.4, 0.5) is 0 Å². The Morgan fingerprint density at radius 3 is 2.53 bits per heavy atom. The highest BCUT2D eigenvalue weighted by Crippen LogP contribution is 2.12. The van der Waals surface area contributed by atoms with Gasteiger partial charge in [0, 0.05) is 0 Å². The fraction of sp³-hybridized carbons (Fsp3) is 0.273. The second-order valence-electron chi connectivity index (χ2n) is 3.12. The molecule has 0 radical (unpaired) electrons. The van der Waals surface area contributed by atoms with Crippen LogP contribution in [0.2, 0.25) is 0 Å². The topological polar surface area (TPSA) is 34.1 Å². The summed E-state index contributed by atoms with van der Waals surface area (Å²) in [6, 6.07) is 6.74. The summed E-state index contributed by atoms with van der Waals surface area (Å²) in [5, 5.41) is 0.274. The molecule has 0 aliphatic rings. The molecule has 0 saturated carbocycles. The smallest absolute Gasteiger partial charge is 0.181 e. The van der Waals surface area contributed by atoms with Gasteiger partial charge in [-0.3, -0.25) is 0 Å². The van der Waals surface area contributed by atoms with Crippen molar-refractivity contribution in [2.45, 2.75) is 11.8 Å². The maximum Gasteiger partial charge on any atom is 0.181 e. The Bertz CT molecular complexity index is 475. The van der Waals surface area contributed by atoms with E-state index in [2.05, 4.69) is 0 Å². The lowest BCUT2D eigenvalue weighted by Gasteiger charge is -2.01. The molecule has 2 nitrogen and oxygen atoms in total. The van der Waals surface area contributed by atoms with Crippen molar-refractivity contribution in [3.8, 4) is 0 Å². The molecule has 4 heteroatoms. The highest BCUT2D eigenvalue weighted by molar-refractivity contribution is 8.01. The van der Waals surface area contributed by atoms with Gasteiger partial charge < -0.3 is 0 Å². The standard InChI is InChI=1S/C11H14O2S2/c1-10-4-6-11(7-5-10)15(12,13)9-3-8-14-2/h3-8H,9H2,1-2H3/b8-3+/i8D. The minimum atomic E-state index is -3.29. The van der Waals surface area contributed by atoms with E-state index in [9.17, 15) is 8.42 Å². The van der Waals surface area contributed by atoms with E-state index in [1.807, 2.05) is 6.92 Å². The first kappa shape index (κ1) is 10.8. The summed E-state index contributed by atoms with van der Waals surface area (Å²) in [5.74, 6) is -0.115. The van der Waals surface area contributed by atoms with Gasteiger partial charge in [-0.05, 0) is 30.7 Å². The zero-order chi connectivity index (χ0) is 12.2. The number of rotatable bonds is 4. The van der Waals surface area contributed by atoms with Crippen LogP contribution >= 0.6 is 11.8 Å². The predicted octanol–water partition coefficient (Wildman–Crippen LogP) is 2.65. The monoisotopic (exact) mass is 243 g/mol. The molecule has 0 heterocycles. The number of hydrogen-bond acceptors (Lipinski definition) is 3. The molecule has 0 saturated heterocycles. The summed E-state index contributed by atoms with van der Waals surface area (Å²) < 4.78 is 31.0. The average Bonchev–Trinajstić information content (AvgIpc) is 2.26. The van der Waals surface area contributed by atoms with Crippen molar-refractivity contribution < 1.29 is 9.79 Å². The van der Waals surface area contributed by atoms with Gasteiger partial charge in [-0.15, -0.1) is 11.8 Å². The van der Waals surface area contributed by atoms with Gasteiger partial charge in [0.15, 0.2) is 9.84 Å². The zero-order valence-corrected chi connectivity index (χ0v) is 10.4. The Kier molecular flexibility index (Phi) is 3.86. The Balaban J connectivity index is 2.91. The number of hydrogen-bond donors (Lipinski definition) is 0. The number of aryl methyl sites for hydroxylation is 1. The van der Waals surface area contributed by atoms with Crippen LogP contribution in [-0.2, 0) is 9.84 Å². The van der Waals surface area contributed by atoms with Gasteiger partial charge in [-0.2, -0.15) is 0 Å². The summed E-state index contributed by atoms with van der Waals surface area (Å²) in [6.45, 7) is 1.91. The number of sulfone groups is 1. The third kappa shape index (κ3) is 3.72. The number of benzene rings is 1. The molecule has 0 atom stereocenters. The van der Waals surface area contributed by atoms with Gasteiger partial charge in [0.05, 0.1) is 12.0 Å². The van der Waals surface area contributed by atoms with Crippen molar-refractivity contribution in [2.24, 2.45) is 0 Å². The highest BCUT2D eigenvalue weighted by atomic mass is 32.2. The van der Waals surface area contributed by atoms with Gasteiger partial charge in [-0.1, -0.05) is 23.8 Å². The third-order valence-corrected chi connectivity index (χ3v) is 3.88. The first-order chi connectivity index (χ1) is 7.45. The average molecular weight is 243 g/mol. The SMILES string of the molecule is [2H]/C(=C\CS(=O)(=O)c1ccc(C)cc1)SC. The summed E-state index contributed by atoms with van der Waals surface area (Å²) in [5.41, 5.74) is 1.03. The second kappa shape index (κ2) is 5.37. The van der Waals surface area contributed by atoms with E-state index >= 15 is 0 Å². The summed E-state index contributed by atoms with van der Waals surface area (Å²) in [7, 11) is -3.29. The number of thioether (sulfide) groups is 1. The molecule has 0 N–H and O–H groups in total. The molecule has 0 unspecified atom stereocenters. The fourth-order valence-electron chi connectivity index (χ4n) is 1.07. The molecule has 15 heavy (non-hydrogen) atoms. The van der Waals surface area contributed by atoms with Gasteiger partial charge in [0.25, 0.3) is 0 Å². The molecule has 0 fully saturated rings.